The number of hydrogen-bond acceptors (Lipinski definition) is 4. The van der Waals surface area contributed by atoms with Crippen LogP contribution in [-0.4, -0.2) is 25.5 Å². The van der Waals surface area contributed by atoms with E-state index < -0.39 is 17.2 Å². The molecule has 1 N–H and O–H groups in total. The summed E-state index contributed by atoms with van der Waals surface area (Å²) >= 11 is 6.44. The highest BCUT2D eigenvalue weighted by molar-refractivity contribution is 6.34. The molecule has 2 atom stereocenters. The van der Waals surface area contributed by atoms with Crippen molar-refractivity contribution in [3.63, 3.8) is 0 Å². The van der Waals surface area contributed by atoms with E-state index in [1.165, 1.54) is 18.2 Å². The Kier molecular flexibility index (Phi) is 5.59. The van der Waals surface area contributed by atoms with Crippen LogP contribution in [0.4, 0.5) is 8.78 Å². The van der Waals surface area contributed by atoms with Crippen molar-refractivity contribution in [2.24, 2.45) is 0 Å². The maximum absolute atomic E-state index is 15.6. The number of aldehydes is 1. The standard InChI is InChI=1S/C26H22ClF2NO3/c1-2-32-19-9-8-15(14-31)22(25(19)29)23-17-13-26(21-10-11-30-21,16-6-4-3-5-7-16)33-20(17)12-18(28)24(23)27/h3-9,12,14,21,30H,2,10-11,13H2,1H3. The molecule has 2 aliphatic heterocycles. The number of benzene rings is 3. The van der Waals surface area contributed by atoms with Gasteiger partial charge >= 0.3 is 0 Å². The summed E-state index contributed by atoms with van der Waals surface area (Å²) < 4.78 is 42.5. The molecule has 0 amide bonds. The highest BCUT2D eigenvalue weighted by atomic mass is 35.5. The molecule has 2 heterocycles. The van der Waals surface area contributed by atoms with Gasteiger partial charge in [-0.25, -0.2) is 8.78 Å². The fourth-order valence-corrected chi connectivity index (χ4v) is 5.08. The van der Waals surface area contributed by atoms with Gasteiger partial charge in [0.05, 0.1) is 17.7 Å². The molecule has 0 saturated carbocycles. The Morgan fingerprint density at radius 3 is 2.61 bits per heavy atom. The Labute approximate surface area is 195 Å². The number of halogens is 3. The zero-order chi connectivity index (χ0) is 23.2. The zero-order valence-corrected chi connectivity index (χ0v) is 18.7. The van der Waals surface area contributed by atoms with E-state index in [0.717, 1.165) is 18.5 Å². The van der Waals surface area contributed by atoms with Crippen molar-refractivity contribution in [1.29, 1.82) is 0 Å². The molecule has 7 heteroatoms. The predicted molar refractivity (Wildman–Crippen MR) is 122 cm³/mol. The van der Waals surface area contributed by atoms with Crippen LogP contribution >= 0.6 is 11.6 Å². The largest absolute Gasteiger partial charge is 0.491 e. The maximum Gasteiger partial charge on any atom is 0.173 e. The highest BCUT2D eigenvalue weighted by Gasteiger charge is 2.51. The minimum absolute atomic E-state index is 0.00728. The number of carbonyl (C=O) groups excluding carboxylic acids is 1. The normalized spacial score (nSPS) is 21.2. The molecule has 33 heavy (non-hydrogen) atoms. The van der Waals surface area contributed by atoms with E-state index in [1.807, 2.05) is 30.3 Å². The van der Waals surface area contributed by atoms with Crippen LogP contribution in [0.2, 0.25) is 5.02 Å². The van der Waals surface area contributed by atoms with Gasteiger partial charge in [-0.15, -0.1) is 0 Å². The molecule has 0 aromatic heterocycles. The van der Waals surface area contributed by atoms with Crippen LogP contribution in [0.1, 0.15) is 34.8 Å². The van der Waals surface area contributed by atoms with E-state index in [2.05, 4.69) is 5.32 Å². The lowest BCUT2D eigenvalue weighted by Gasteiger charge is -2.43. The van der Waals surface area contributed by atoms with Gasteiger partial charge in [0.2, 0.25) is 0 Å². The lowest BCUT2D eigenvalue weighted by molar-refractivity contribution is 0.0190. The van der Waals surface area contributed by atoms with E-state index in [0.29, 0.717) is 24.0 Å². The van der Waals surface area contributed by atoms with E-state index in [9.17, 15) is 4.79 Å². The molecule has 0 bridgehead atoms. The summed E-state index contributed by atoms with van der Waals surface area (Å²) in [7, 11) is 0. The second kappa shape index (κ2) is 8.43. The molecule has 1 fully saturated rings. The smallest absolute Gasteiger partial charge is 0.173 e. The number of hydrogen-bond donors (Lipinski definition) is 1. The van der Waals surface area contributed by atoms with Crippen molar-refractivity contribution in [3.05, 3.63) is 81.9 Å². The van der Waals surface area contributed by atoms with Gasteiger partial charge in [0.25, 0.3) is 0 Å². The molecule has 3 aromatic rings. The Balaban J connectivity index is 1.74. The lowest BCUT2D eigenvalue weighted by atomic mass is 9.77. The average molecular weight is 470 g/mol. The summed E-state index contributed by atoms with van der Waals surface area (Å²) in [6.07, 6.45) is 1.76. The Hall–Kier alpha value is -2.96. The zero-order valence-electron chi connectivity index (χ0n) is 18.0. The number of fused-ring (bicyclic) bond motifs is 1. The van der Waals surface area contributed by atoms with Crippen LogP contribution in [0.25, 0.3) is 11.1 Å². The molecule has 1 saturated heterocycles. The topological polar surface area (TPSA) is 47.6 Å². The first-order chi connectivity index (χ1) is 16.0. The summed E-state index contributed by atoms with van der Waals surface area (Å²) in [5, 5.41) is 3.16. The fourth-order valence-electron chi connectivity index (χ4n) is 4.82. The van der Waals surface area contributed by atoms with Crippen molar-refractivity contribution >= 4 is 17.9 Å². The van der Waals surface area contributed by atoms with E-state index in [1.54, 1.807) is 6.92 Å². The molecule has 0 aliphatic carbocycles. The second-order valence-electron chi connectivity index (χ2n) is 8.25. The average Bonchev–Trinajstić information content (AvgIpc) is 3.15. The highest BCUT2D eigenvalue weighted by Crippen LogP contribution is 2.52. The van der Waals surface area contributed by atoms with Gasteiger partial charge in [0.1, 0.15) is 11.6 Å². The third-order valence-electron chi connectivity index (χ3n) is 6.48. The van der Waals surface area contributed by atoms with Gasteiger partial charge in [-0.2, -0.15) is 0 Å². The van der Waals surface area contributed by atoms with Crippen molar-refractivity contribution in [1.82, 2.24) is 5.32 Å². The minimum Gasteiger partial charge on any atom is -0.491 e. The van der Waals surface area contributed by atoms with Crippen molar-refractivity contribution in [3.8, 4) is 22.6 Å². The predicted octanol–water partition coefficient (Wildman–Crippen LogP) is 5.69. The molecule has 5 rings (SSSR count). The Morgan fingerprint density at radius 2 is 1.97 bits per heavy atom. The fraction of sp³-hybridized carbons (Fsp3) is 0.269. The first-order valence-corrected chi connectivity index (χ1v) is 11.3. The molecule has 170 valence electrons. The van der Waals surface area contributed by atoms with Crippen LogP contribution in [0.15, 0.2) is 48.5 Å². The van der Waals surface area contributed by atoms with Crippen LogP contribution in [0, 0.1) is 11.6 Å². The van der Waals surface area contributed by atoms with Gasteiger partial charge in [0, 0.05) is 34.7 Å². The first-order valence-electron chi connectivity index (χ1n) is 10.9. The van der Waals surface area contributed by atoms with Crippen LogP contribution in [0.3, 0.4) is 0 Å². The van der Waals surface area contributed by atoms with Crippen molar-refractivity contribution in [2.75, 3.05) is 13.2 Å². The van der Waals surface area contributed by atoms with Crippen LogP contribution in [-0.2, 0) is 12.0 Å². The maximum atomic E-state index is 15.6. The number of nitrogens with one attached hydrogen (secondary N) is 1. The van der Waals surface area contributed by atoms with Crippen LogP contribution in [0.5, 0.6) is 11.5 Å². The van der Waals surface area contributed by atoms with Gasteiger partial charge in [-0.3, -0.25) is 4.79 Å². The van der Waals surface area contributed by atoms with E-state index in [4.69, 9.17) is 21.1 Å². The quantitative estimate of drug-likeness (QED) is 0.471. The summed E-state index contributed by atoms with van der Waals surface area (Å²) in [5.74, 6) is -1.23. The Bertz CT molecular complexity index is 1230. The van der Waals surface area contributed by atoms with Crippen molar-refractivity contribution < 1.29 is 23.0 Å². The molecular weight excluding hydrogens is 448 g/mol. The molecule has 4 nitrogen and oxygen atoms in total. The molecule has 0 spiro atoms. The SMILES string of the molecule is CCOc1ccc(C=O)c(-c2c(Cl)c(F)cc3c2CC(c2ccccc2)(C2CCN2)O3)c1F. The van der Waals surface area contributed by atoms with E-state index >= 15 is 8.78 Å². The molecule has 2 aliphatic rings. The Morgan fingerprint density at radius 1 is 1.21 bits per heavy atom. The van der Waals surface area contributed by atoms with Gasteiger partial charge in [-0.1, -0.05) is 41.9 Å². The van der Waals surface area contributed by atoms with Gasteiger partial charge in [-0.05, 0) is 37.6 Å². The van der Waals surface area contributed by atoms with Gasteiger partial charge < -0.3 is 14.8 Å². The number of carbonyl (C=O) groups is 1. The van der Waals surface area contributed by atoms with E-state index in [-0.39, 0.29) is 40.1 Å². The summed E-state index contributed by atoms with van der Waals surface area (Å²) in [6, 6.07) is 13.8. The summed E-state index contributed by atoms with van der Waals surface area (Å²) in [5.41, 5.74) is 0.804. The van der Waals surface area contributed by atoms with Crippen molar-refractivity contribution in [2.45, 2.75) is 31.4 Å². The third kappa shape index (κ3) is 3.40. The van der Waals surface area contributed by atoms with Gasteiger partial charge in [0.15, 0.2) is 23.5 Å². The second-order valence-corrected chi connectivity index (χ2v) is 8.62. The summed E-state index contributed by atoms with van der Waals surface area (Å²) in [4.78, 5) is 11.8. The summed E-state index contributed by atoms with van der Waals surface area (Å²) in [6.45, 7) is 2.81. The number of ether oxygens (including phenoxy) is 2. The van der Waals surface area contributed by atoms with Crippen LogP contribution < -0.4 is 14.8 Å². The number of rotatable bonds is 6. The molecule has 2 unspecified atom stereocenters. The monoisotopic (exact) mass is 469 g/mol. The third-order valence-corrected chi connectivity index (χ3v) is 6.85. The lowest BCUT2D eigenvalue weighted by Crippen LogP contribution is -2.59. The molecular formula is C26H22ClF2NO3. The minimum atomic E-state index is -0.803. The molecule has 3 aromatic carbocycles. The first kappa shape index (κ1) is 21.9. The molecule has 0 radical (unpaired) electrons.